The summed E-state index contributed by atoms with van der Waals surface area (Å²) >= 11 is 0. The quantitative estimate of drug-likeness (QED) is 0.341. The molecule has 0 aromatic carbocycles. The number of hydrogen-bond donors (Lipinski definition) is 0. The van der Waals surface area contributed by atoms with Gasteiger partial charge in [-0.15, -0.1) is 0 Å². The fourth-order valence-electron chi connectivity index (χ4n) is 0. The van der Waals surface area contributed by atoms with Crippen molar-refractivity contribution in [1.29, 1.82) is 0 Å². The Bertz CT molecular complexity index is 172. The third kappa shape index (κ3) is 2560. The Labute approximate surface area is 169 Å². The van der Waals surface area contributed by atoms with Gasteiger partial charge in [-0.25, -0.2) is 0 Å². The van der Waals surface area contributed by atoms with E-state index in [2.05, 4.69) is 20.8 Å². The summed E-state index contributed by atoms with van der Waals surface area (Å²) in [6.45, 7) is 6.50. The van der Waals surface area contributed by atoms with Gasteiger partial charge in [0, 0.05) is 0 Å². The van der Waals surface area contributed by atoms with E-state index in [1.165, 1.54) is 19.3 Å². The molecule has 0 spiro atoms. The van der Waals surface area contributed by atoms with Crippen LogP contribution in [0.3, 0.4) is 0 Å². The Morgan fingerprint density at radius 3 is 0.522 bits per heavy atom. The van der Waals surface area contributed by atoms with Crippen molar-refractivity contribution in [3.8, 4) is 0 Å². The van der Waals surface area contributed by atoms with Crippen LogP contribution in [0, 0.1) is 5.92 Å². The Hall–Kier alpha value is 0.991. The molecule has 0 N–H and O–H groups in total. The van der Waals surface area contributed by atoms with E-state index in [9.17, 15) is 51.8 Å². The van der Waals surface area contributed by atoms with Gasteiger partial charge in [0.15, 0.2) is 0 Å². The molecule has 142 valence electrons. The third-order valence-corrected chi connectivity index (χ3v) is 0.354. The van der Waals surface area contributed by atoms with Crippen LogP contribution in [0.4, 0.5) is 51.8 Å². The zero-order valence-electron chi connectivity index (χ0n) is 12.0. The summed E-state index contributed by atoms with van der Waals surface area (Å²) in [5, 5.41) is 0. The van der Waals surface area contributed by atoms with Crippen LogP contribution in [0.25, 0.3) is 0 Å². The Balaban J connectivity index is -0.0000000585. The van der Waals surface area contributed by atoms with Crippen LogP contribution in [-0.4, -0.2) is 73.1 Å². The molecule has 0 amide bonds. The molecule has 0 aromatic rings. The molecule has 0 aromatic heterocycles. The summed E-state index contributed by atoms with van der Waals surface area (Å²) in [5.74, 6) is 0.833. The van der Waals surface area contributed by atoms with Gasteiger partial charge in [0.2, 0.25) is 0 Å². The monoisotopic (exact) mass is 401 g/mol. The van der Waals surface area contributed by atoms with Gasteiger partial charge < -0.3 is 51.8 Å². The Kier molecular flexibility index (Phi) is 27.2. The maximum atomic E-state index is 9.75. The standard InChI is InChI=1S/C4H10.C3H6.3BF4.K.H/c1-4(2)3;1-2-3-1;3*2-1(3,4)5;;/h4H,1-3H3;1-3H2;;;;;/q;;3*-1;;. The fraction of sp³-hybridized carbons (Fsp3) is 1.00. The SMILES string of the molecule is C1CC1.CC(C)C.F[B-](F)(F)F.F[B-](F)(F)F.F[B-](F)(F)F.[KH]. The van der Waals surface area contributed by atoms with Crippen molar-refractivity contribution in [3.05, 3.63) is 0 Å². The molecule has 0 unspecified atom stereocenters. The van der Waals surface area contributed by atoms with Crippen LogP contribution in [0.5, 0.6) is 0 Å². The number of rotatable bonds is 0. The molecule has 1 aliphatic carbocycles. The van der Waals surface area contributed by atoms with Crippen LogP contribution in [0.15, 0.2) is 0 Å². The van der Waals surface area contributed by atoms with Gasteiger partial charge in [0.05, 0.1) is 0 Å². The predicted molar refractivity (Wildman–Crippen MR) is 72.1 cm³/mol. The summed E-state index contributed by atoms with van der Waals surface area (Å²) in [4.78, 5) is 0. The maximum absolute atomic E-state index is 9.75. The van der Waals surface area contributed by atoms with Crippen molar-refractivity contribution in [1.82, 2.24) is 0 Å². The second-order valence-electron chi connectivity index (χ2n) is 4.28. The summed E-state index contributed by atoms with van der Waals surface area (Å²) in [6, 6.07) is 0. The van der Waals surface area contributed by atoms with Gasteiger partial charge in [-0.2, -0.15) is 0 Å². The first-order valence-corrected chi connectivity index (χ1v) is 5.85. The Morgan fingerprint density at radius 1 is 0.478 bits per heavy atom. The molecule has 1 fully saturated rings. The Morgan fingerprint density at radius 2 is 0.522 bits per heavy atom. The molecule has 1 rings (SSSR count). The second-order valence-corrected chi connectivity index (χ2v) is 4.28. The topological polar surface area (TPSA) is 0 Å². The van der Waals surface area contributed by atoms with E-state index in [4.69, 9.17) is 0 Å². The zero-order chi connectivity index (χ0) is 19.2. The van der Waals surface area contributed by atoms with E-state index in [1.807, 2.05) is 0 Å². The molecule has 0 nitrogen and oxygen atoms in total. The summed E-state index contributed by atoms with van der Waals surface area (Å²) in [7, 11) is -18.0. The van der Waals surface area contributed by atoms with E-state index in [1.54, 1.807) is 0 Å². The van der Waals surface area contributed by atoms with Gasteiger partial charge in [-0.1, -0.05) is 40.0 Å². The summed E-state index contributed by atoms with van der Waals surface area (Å²) in [6.07, 6.45) is 4.50. The normalized spacial score (nSPS) is 12.5. The van der Waals surface area contributed by atoms with Crippen LogP contribution < -0.4 is 0 Å². The fourth-order valence-corrected chi connectivity index (χ4v) is 0. The molecular weight excluding hydrogens is 384 g/mol. The van der Waals surface area contributed by atoms with Crippen molar-refractivity contribution in [2.24, 2.45) is 5.92 Å². The van der Waals surface area contributed by atoms with Crippen LogP contribution in [-0.2, 0) is 0 Å². The minimum atomic E-state index is -6.00. The molecule has 0 heterocycles. The molecule has 1 saturated carbocycles. The average Bonchev–Trinajstić information content (AvgIpc) is 2.71. The van der Waals surface area contributed by atoms with Crippen molar-refractivity contribution in [2.45, 2.75) is 40.0 Å². The molecule has 0 aliphatic heterocycles. The number of halogens is 12. The average molecular weight is 401 g/mol. The van der Waals surface area contributed by atoms with Gasteiger partial charge in [-0.05, 0) is 5.92 Å². The molecular formula is C7H17B3F12K-3. The van der Waals surface area contributed by atoms with Crippen LogP contribution in [0.2, 0.25) is 0 Å². The predicted octanol–water partition coefficient (Wildman–Crippen LogP) is 6.08. The molecule has 23 heavy (non-hydrogen) atoms. The van der Waals surface area contributed by atoms with Gasteiger partial charge in [0.25, 0.3) is 0 Å². The van der Waals surface area contributed by atoms with Gasteiger partial charge >= 0.3 is 73.1 Å². The van der Waals surface area contributed by atoms with Gasteiger partial charge in [0.1, 0.15) is 0 Å². The molecule has 1 aliphatic rings. The first-order valence-electron chi connectivity index (χ1n) is 5.85. The number of hydrogen-bond acceptors (Lipinski definition) is 0. The summed E-state index contributed by atoms with van der Waals surface area (Å²) < 4.78 is 117. The first kappa shape index (κ1) is 35.2. The van der Waals surface area contributed by atoms with E-state index >= 15 is 0 Å². The molecule has 0 radical (unpaired) electrons. The van der Waals surface area contributed by atoms with Crippen LogP contribution in [0.1, 0.15) is 40.0 Å². The molecule has 0 saturated heterocycles. The molecule has 0 bridgehead atoms. The van der Waals surface area contributed by atoms with Crippen molar-refractivity contribution >= 4 is 73.1 Å². The van der Waals surface area contributed by atoms with E-state index in [-0.39, 0.29) is 51.4 Å². The van der Waals surface area contributed by atoms with E-state index in [0.717, 1.165) is 5.92 Å². The van der Waals surface area contributed by atoms with Gasteiger partial charge in [-0.3, -0.25) is 0 Å². The van der Waals surface area contributed by atoms with Crippen molar-refractivity contribution in [3.63, 3.8) is 0 Å². The van der Waals surface area contributed by atoms with E-state index < -0.39 is 21.8 Å². The minimum absolute atomic E-state index is 0. The first-order chi connectivity index (χ1) is 9.23. The van der Waals surface area contributed by atoms with E-state index in [0.29, 0.717) is 0 Å². The third-order valence-electron chi connectivity index (χ3n) is 0.354. The molecule has 0 atom stereocenters. The van der Waals surface area contributed by atoms with Crippen LogP contribution >= 0.6 is 0 Å². The zero-order valence-corrected chi connectivity index (χ0v) is 12.0. The molecule has 16 heteroatoms. The van der Waals surface area contributed by atoms with Crippen molar-refractivity contribution in [2.75, 3.05) is 0 Å². The van der Waals surface area contributed by atoms with Crippen molar-refractivity contribution < 1.29 is 51.8 Å². The summed E-state index contributed by atoms with van der Waals surface area (Å²) in [5.41, 5.74) is 0. The second kappa shape index (κ2) is 17.8.